The van der Waals surface area contributed by atoms with Gasteiger partial charge in [0, 0.05) is 6.42 Å². The predicted molar refractivity (Wildman–Crippen MR) is 26.3 cm³/mol. The maximum atomic E-state index is 8.13. The minimum absolute atomic E-state index is 0.365. The van der Waals surface area contributed by atoms with Crippen molar-refractivity contribution in [2.24, 2.45) is 0 Å². The molecular formula is C5H10O2. The summed E-state index contributed by atoms with van der Waals surface area (Å²) in [6.45, 7) is 3.52. The molecule has 42 valence electrons. The fraction of sp³-hybridized carbons (Fsp3) is 0.600. The molecule has 0 saturated carbocycles. The van der Waals surface area contributed by atoms with Crippen LogP contribution in [0.4, 0.5) is 0 Å². The maximum Gasteiger partial charge on any atom is 0.218 e. The van der Waals surface area contributed by atoms with Gasteiger partial charge in [-0.3, -0.25) is 0 Å². The standard InChI is InChI=1S/C5H10O2/c1-2-3-4-5(6)7/h6-7H,1-4H2. The van der Waals surface area contributed by atoms with Gasteiger partial charge in [-0.15, -0.1) is 0 Å². The lowest BCUT2D eigenvalue weighted by molar-refractivity contribution is 0.0711. The Bertz CT molecular complexity index is 35.1. The van der Waals surface area contributed by atoms with Gasteiger partial charge in [0.25, 0.3) is 0 Å². The molecule has 0 unspecified atom stereocenters. The lowest BCUT2D eigenvalue weighted by Crippen LogP contribution is -1.90. The van der Waals surface area contributed by atoms with Crippen molar-refractivity contribution in [1.29, 1.82) is 0 Å². The SMILES string of the molecule is [CH2]CCC[C](O)O. The molecule has 0 heterocycles. The number of unbranched alkanes of at least 4 members (excludes halogenated alkanes) is 1. The Labute approximate surface area is 43.8 Å². The average Bonchev–Trinajstić information content (AvgIpc) is 1.61. The second-order valence-corrected chi connectivity index (χ2v) is 1.37. The van der Waals surface area contributed by atoms with Crippen molar-refractivity contribution in [2.75, 3.05) is 0 Å². The highest BCUT2D eigenvalue weighted by atomic mass is 16.5. The molecule has 2 N–H and O–H groups in total. The van der Waals surface area contributed by atoms with Gasteiger partial charge in [-0.05, 0) is 6.42 Å². The van der Waals surface area contributed by atoms with Crippen molar-refractivity contribution in [3.05, 3.63) is 13.2 Å². The maximum absolute atomic E-state index is 8.13. The lowest BCUT2D eigenvalue weighted by atomic mass is 10.2. The largest absolute Gasteiger partial charge is 0.361 e. The van der Waals surface area contributed by atoms with E-state index >= 15 is 0 Å². The minimum atomic E-state index is -0.483. The zero-order valence-corrected chi connectivity index (χ0v) is 4.22. The third kappa shape index (κ3) is 5.92. The predicted octanol–water partition coefficient (Wildman–Crippen LogP) is 1.23. The smallest absolute Gasteiger partial charge is 0.218 e. The highest BCUT2D eigenvalue weighted by Crippen LogP contribution is 2.00. The van der Waals surface area contributed by atoms with Crippen molar-refractivity contribution in [3.63, 3.8) is 0 Å². The van der Waals surface area contributed by atoms with Gasteiger partial charge in [0.05, 0.1) is 0 Å². The van der Waals surface area contributed by atoms with Gasteiger partial charge >= 0.3 is 0 Å². The molecule has 0 spiro atoms. The summed E-state index contributed by atoms with van der Waals surface area (Å²) in [6, 6.07) is 0. The molecule has 2 nitrogen and oxygen atoms in total. The third-order valence-corrected chi connectivity index (χ3v) is 0.650. The van der Waals surface area contributed by atoms with E-state index in [4.69, 9.17) is 10.2 Å². The Kier molecular flexibility index (Phi) is 4.04. The number of rotatable bonds is 3. The number of aliphatic hydroxyl groups excluding tert-OH is 1. The topological polar surface area (TPSA) is 40.5 Å². The van der Waals surface area contributed by atoms with Crippen molar-refractivity contribution < 1.29 is 10.2 Å². The summed E-state index contributed by atoms with van der Waals surface area (Å²) in [4.78, 5) is 0. The van der Waals surface area contributed by atoms with Crippen LogP contribution in [0.5, 0.6) is 0 Å². The van der Waals surface area contributed by atoms with Gasteiger partial charge in [0.15, 0.2) is 0 Å². The van der Waals surface area contributed by atoms with E-state index in [9.17, 15) is 0 Å². The fourth-order valence-electron chi connectivity index (χ4n) is 0.283. The molecule has 0 aliphatic carbocycles. The van der Waals surface area contributed by atoms with Crippen LogP contribution >= 0.6 is 0 Å². The Morgan fingerprint density at radius 3 is 2.14 bits per heavy atom. The molecule has 0 atom stereocenters. The normalized spacial score (nSPS) is 10.3. The van der Waals surface area contributed by atoms with Crippen LogP contribution in [0.2, 0.25) is 0 Å². The molecule has 0 bridgehead atoms. The monoisotopic (exact) mass is 102 g/mol. The van der Waals surface area contributed by atoms with Gasteiger partial charge in [-0.2, -0.15) is 0 Å². The van der Waals surface area contributed by atoms with Crippen LogP contribution in [0.15, 0.2) is 0 Å². The van der Waals surface area contributed by atoms with E-state index in [0.717, 1.165) is 12.8 Å². The highest BCUT2D eigenvalue weighted by Gasteiger charge is 1.94. The molecule has 0 amide bonds. The Morgan fingerprint density at radius 2 is 2.00 bits per heavy atom. The molecule has 0 aromatic rings. The number of aliphatic hydroxyl groups is 2. The quantitative estimate of drug-likeness (QED) is 0.562. The second kappa shape index (κ2) is 4.09. The van der Waals surface area contributed by atoms with E-state index in [0.29, 0.717) is 6.42 Å². The van der Waals surface area contributed by atoms with Gasteiger partial charge in [-0.25, -0.2) is 0 Å². The van der Waals surface area contributed by atoms with Crippen molar-refractivity contribution >= 4 is 0 Å². The molecular weight excluding hydrogens is 92.1 g/mol. The van der Waals surface area contributed by atoms with Crippen LogP contribution in [-0.2, 0) is 0 Å². The lowest BCUT2D eigenvalue weighted by Gasteiger charge is -1.95. The summed E-state index contributed by atoms with van der Waals surface area (Å²) in [5.41, 5.74) is 0. The molecule has 0 saturated heterocycles. The summed E-state index contributed by atoms with van der Waals surface area (Å²) >= 11 is 0. The van der Waals surface area contributed by atoms with Crippen molar-refractivity contribution in [1.82, 2.24) is 0 Å². The third-order valence-electron chi connectivity index (χ3n) is 0.650. The van der Waals surface area contributed by atoms with Gasteiger partial charge in [0.2, 0.25) is 6.29 Å². The Morgan fingerprint density at radius 1 is 1.43 bits per heavy atom. The van der Waals surface area contributed by atoms with Crippen LogP contribution in [0.1, 0.15) is 19.3 Å². The number of hydrogen-bond acceptors (Lipinski definition) is 2. The van der Waals surface area contributed by atoms with Crippen LogP contribution in [0, 0.1) is 13.2 Å². The van der Waals surface area contributed by atoms with Crippen LogP contribution in [-0.4, -0.2) is 10.2 Å². The molecule has 2 radical (unpaired) electrons. The first-order valence-electron chi connectivity index (χ1n) is 2.30. The van der Waals surface area contributed by atoms with E-state index < -0.39 is 6.29 Å². The van der Waals surface area contributed by atoms with Gasteiger partial charge in [-0.1, -0.05) is 13.3 Å². The highest BCUT2D eigenvalue weighted by molar-refractivity contribution is 4.56. The van der Waals surface area contributed by atoms with Gasteiger partial charge in [0.1, 0.15) is 0 Å². The second-order valence-electron chi connectivity index (χ2n) is 1.37. The fourth-order valence-corrected chi connectivity index (χ4v) is 0.283. The molecule has 0 aliphatic heterocycles. The first-order valence-corrected chi connectivity index (χ1v) is 2.30. The van der Waals surface area contributed by atoms with Crippen LogP contribution in [0.25, 0.3) is 0 Å². The van der Waals surface area contributed by atoms with E-state index in [1.165, 1.54) is 0 Å². The first-order chi connectivity index (χ1) is 3.27. The zero-order chi connectivity index (χ0) is 5.70. The number of hydrogen-bond donors (Lipinski definition) is 2. The molecule has 0 aromatic carbocycles. The van der Waals surface area contributed by atoms with Crippen molar-refractivity contribution in [3.8, 4) is 0 Å². The Balaban J connectivity index is 2.68. The van der Waals surface area contributed by atoms with Gasteiger partial charge < -0.3 is 10.2 Å². The molecule has 0 aliphatic rings. The summed E-state index contributed by atoms with van der Waals surface area (Å²) < 4.78 is 0. The molecule has 0 fully saturated rings. The minimum Gasteiger partial charge on any atom is -0.361 e. The Hall–Kier alpha value is -0.0800. The summed E-state index contributed by atoms with van der Waals surface area (Å²) in [5.74, 6) is 0. The molecule has 0 rings (SSSR count). The average molecular weight is 102 g/mol. The van der Waals surface area contributed by atoms with E-state index in [1.54, 1.807) is 0 Å². The van der Waals surface area contributed by atoms with E-state index in [-0.39, 0.29) is 0 Å². The summed E-state index contributed by atoms with van der Waals surface area (Å²) in [7, 11) is 0. The molecule has 7 heavy (non-hydrogen) atoms. The summed E-state index contributed by atoms with van der Waals surface area (Å²) in [6.07, 6.45) is 1.39. The molecule has 0 aromatic heterocycles. The first kappa shape index (κ1) is 6.92. The van der Waals surface area contributed by atoms with E-state index in [2.05, 4.69) is 6.92 Å². The van der Waals surface area contributed by atoms with Crippen LogP contribution in [0.3, 0.4) is 0 Å². The van der Waals surface area contributed by atoms with Crippen LogP contribution < -0.4 is 0 Å². The van der Waals surface area contributed by atoms with E-state index in [1.807, 2.05) is 0 Å². The zero-order valence-electron chi connectivity index (χ0n) is 4.22. The van der Waals surface area contributed by atoms with Crippen molar-refractivity contribution in [2.45, 2.75) is 19.3 Å². The molecule has 2 heteroatoms. The summed E-state index contributed by atoms with van der Waals surface area (Å²) in [5, 5.41) is 16.3.